The molecule has 1 unspecified atom stereocenters. The summed E-state index contributed by atoms with van der Waals surface area (Å²) in [5.41, 5.74) is 10.0. The third-order valence-electron chi connectivity index (χ3n) is 4.21. The van der Waals surface area contributed by atoms with Crippen LogP contribution in [0.2, 0.25) is 0 Å². The summed E-state index contributed by atoms with van der Waals surface area (Å²) in [6.07, 6.45) is 0. The van der Waals surface area contributed by atoms with Gasteiger partial charge in [-0.25, -0.2) is 0 Å². The van der Waals surface area contributed by atoms with E-state index in [4.69, 9.17) is 5.73 Å². The molecule has 0 aromatic heterocycles. The van der Waals surface area contributed by atoms with Crippen LogP contribution in [-0.2, 0) is 11.3 Å². The minimum atomic E-state index is -0.669. The van der Waals surface area contributed by atoms with Crippen LogP contribution in [0, 0.1) is 6.92 Å². The average Bonchev–Trinajstić information content (AvgIpc) is 2.60. The molecule has 0 fully saturated rings. The summed E-state index contributed by atoms with van der Waals surface area (Å²) < 4.78 is 0. The fourth-order valence-electron chi connectivity index (χ4n) is 2.60. The molecule has 24 heavy (non-hydrogen) atoms. The number of carbonyl (C=O) groups excluding carboxylic acids is 1. The second kappa shape index (κ2) is 8.62. The van der Waals surface area contributed by atoms with Crippen molar-refractivity contribution in [1.82, 2.24) is 4.90 Å². The maximum absolute atomic E-state index is 12.4. The summed E-state index contributed by atoms with van der Waals surface area (Å²) in [5.74, 6) is -0.196. The quantitative estimate of drug-likeness (QED) is 0.819. The Bertz CT molecular complexity index is 663. The van der Waals surface area contributed by atoms with Crippen LogP contribution in [0.25, 0.3) is 0 Å². The van der Waals surface area contributed by atoms with Crippen LogP contribution in [0.1, 0.15) is 36.6 Å². The van der Waals surface area contributed by atoms with Gasteiger partial charge < -0.3 is 11.1 Å². The van der Waals surface area contributed by atoms with E-state index in [1.807, 2.05) is 49.4 Å². The molecule has 4 heteroatoms. The van der Waals surface area contributed by atoms with E-state index in [-0.39, 0.29) is 5.91 Å². The molecule has 128 valence electrons. The lowest BCUT2D eigenvalue weighted by atomic mass is 10.1. The smallest absolute Gasteiger partial charge is 0.245 e. The molecule has 0 aliphatic rings. The summed E-state index contributed by atoms with van der Waals surface area (Å²) in [6.45, 7) is 9.19. The first-order valence-corrected chi connectivity index (χ1v) is 8.47. The standard InChI is InChI=1S/C20H27N3O/c1-4-23(5-2)14-16-7-6-8-18(13-16)22-20(24)19(21)17-11-9-15(3)10-12-17/h6-13,19H,4-5,14,21H2,1-3H3,(H,22,24). The highest BCUT2D eigenvalue weighted by atomic mass is 16.2. The van der Waals surface area contributed by atoms with Gasteiger partial charge in [-0.15, -0.1) is 0 Å². The molecule has 2 rings (SSSR count). The first kappa shape index (κ1) is 18.2. The van der Waals surface area contributed by atoms with Crippen molar-refractivity contribution in [2.24, 2.45) is 5.73 Å². The number of nitrogens with two attached hydrogens (primary N) is 1. The molecule has 2 aromatic rings. The van der Waals surface area contributed by atoms with Crippen molar-refractivity contribution in [3.63, 3.8) is 0 Å². The average molecular weight is 325 g/mol. The first-order valence-electron chi connectivity index (χ1n) is 8.47. The third-order valence-corrected chi connectivity index (χ3v) is 4.21. The number of hydrogen-bond acceptors (Lipinski definition) is 3. The lowest BCUT2D eigenvalue weighted by Gasteiger charge is -2.19. The van der Waals surface area contributed by atoms with Gasteiger partial charge in [-0.3, -0.25) is 9.69 Å². The molecule has 0 saturated heterocycles. The number of anilines is 1. The van der Waals surface area contributed by atoms with E-state index in [0.717, 1.165) is 36.4 Å². The predicted octanol–water partition coefficient (Wildman–Crippen LogP) is 3.48. The Morgan fingerprint density at radius 1 is 1.12 bits per heavy atom. The van der Waals surface area contributed by atoms with E-state index < -0.39 is 6.04 Å². The van der Waals surface area contributed by atoms with Crippen molar-refractivity contribution in [3.8, 4) is 0 Å². The lowest BCUT2D eigenvalue weighted by molar-refractivity contribution is -0.117. The maximum atomic E-state index is 12.4. The van der Waals surface area contributed by atoms with Crippen molar-refractivity contribution in [2.45, 2.75) is 33.4 Å². The zero-order valence-corrected chi connectivity index (χ0v) is 14.8. The van der Waals surface area contributed by atoms with Crippen LogP contribution >= 0.6 is 0 Å². The third kappa shape index (κ3) is 4.91. The van der Waals surface area contributed by atoms with Crippen LogP contribution in [0.3, 0.4) is 0 Å². The lowest BCUT2D eigenvalue weighted by Crippen LogP contribution is -2.27. The Labute approximate surface area is 144 Å². The highest BCUT2D eigenvalue weighted by molar-refractivity contribution is 5.95. The molecule has 2 aromatic carbocycles. The minimum Gasteiger partial charge on any atom is -0.324 e. The summed E-state index contributed by atoms with van der Waals surface area (Å²) in [5, 5.41) is 2.92. The number of aryl methyl sites for hydroxylation is 1. The van der Waals surface area contributed by atoms with E-state index in [0.29, 0.717) is 0 Å². The zero-order valence-electron chi connectivity index (χ0n) is 14.8. The summed E-state index contributed by atoms with van der Waals surface area (Å²) in [4.78, 5) is 14.7. The number of benzene rings is 2. The van der Waals surface area contributed by atoms with Gasteiger partial charge in [-0.05, 0) is 43.3 Å². The van der Waals surface area contributed by atoms with E-state index in [9.17, 15) is 4.79 Å². The van der Waals surface area contributed by atoms with E-state index >= 15 is 0 Å². The predicted molar refractivity (Wildman–Crippen MR) is 99.8 cm³/mol. The van der Waals surface area contributed by atoms with Crippen molar-refractivity contribution < 1.29 is 4.79 Å². The number of nitrogens with zero attached hydrogens (tertiary/aromatic N) is 1. The fraction of sp³-hybridized carbons (Fsp3) is 0.350. The number of hydrogen-bond donors (Lipinski definition) is 2. The Morgan fingerprint density at radius 3 is 2.42 bits per heavy atom. The molecular formula is C20H27N3O. The molecular weight excluding hydrogens is 298 g/mol. The molecule has 4 nitrogen and oxygen atoms in total. The molecule has 0 bridgehead atoms. The van der Waals surface area contributed by atoms with Crippen LogP contribution in [-0.4, -0.2) is 23.9 Å². The SMILES string of the molecule is CCN(CC)Cc1cccc(NC(=O)C(N)c2ccc(C)cc2)c1. The number of rotatable bonds is 7. The second-order valence-electron chi connectivity index (χ2n) is 6.04. The topological polar surface area (TPSA) is 58.4 Å². The molecule has 0 saturated carbocycles. The van der Waals surface area contributed by atoms with Crippen LogP contribution in [0.5, 0.6) is 0 Å². The molecule has 0 radical (unpaired) electrons. The highest BCUT2D eigenvalue weighted by Gasteiger charge is 2.16. The van der Waals surface area contributed by atoms with Crippen molar-refractivity contribution in [1.29, 1.82) is 0 Å². The van der Waals surface area contributed by atoms with E-state index in [1.54, 1.807) is 0 Å². The van der Waals surface area contributed by atoms with Gasteiger partial charge in [0.05, 0.1) is 0 Å². The minimum absolute atomic E-state index is 0.196. The van der Waals surface area contributed by atoms with Gasteiger partial charge in [0.25, 0.3) is 0 Å². The van der Waals surface area contributed by atoms with Gasteiger partial charge in [0.1, 0.15) is 6.04 Å². The molecule has 3 N–H and O–H groups in total. The summed E-state index contributed by atoms with van der Waals surface area (Å²) in [7, 11) is 0. The Morgan fingerprint density at radius 2 is 1.79 bits per heavy atom. The molecule has 1 amide bonds. The number of amides is 1. The summed E-state index contributed by atoms with van der Waals surface area (Å²) in [6, 6.07) is 15.0. The second-order valence-corrected chi connectivity index (χ2v) is 6.04. The summed E-state index contributed by atoms with van der Waals surface area (Å²) >= 11 is 0. The molecule has 0 aliphatic heterocycles. The van der Waals surface area contributed by atoms with E-state index in [2.05, 4.69) is 30.1 Å². The van der Waals surface area contributed by atoms with Crippen molar-refractivity contribution >= 4 is 11.6 Å². The number of carbonyl (C=O) groups is 1. The number of nitrogens with one attached hydrogen (secondary N) is 1. The van der Waals surface area contributed by atoms with Gasteiger partial charge >= 0.3 is 0 Å². The first-order chi connectivity index (χ1) is 11.5. The van der Waals surface area contributed by atoms with Crippen LogP contribution in [0.4, 0.5) is 5.69 Å². The van der Waals surface area contributed by atoms with Crippen molar-refractivity contribution in [2.75, 3.05) is 18.4 Å². The van der Waals surface area contributed by atoms with Crippen LogP contribution < -0.4 is 11.1 Å². The van der Waals surface area contributed by atoms with E-state index in [1.165, 1.54) is 5.56 Å². The van der Waals surface area contributed by atoms with Crippen LogP contribution in [0.15, 0.2) is 48.5 Å². The van der Waals surface area contributed by atoms with Gasteiger partial charge in [0.2, 0.25) is 5.91 Å². The van der Waals surface area contributed by atoms with Gasteiger partial charge in [-0.2, -0.15) is 0 Å². The molecule has 0 heterocycles. The molecule has 1 atom stereocenters. The fourth-order valence-corrected chi connectivity index (χ4v) is 2.60. The monoisotopic (exact) mass is 325 g/mol. The molecule has 0 aliphatic carbocycles. The maximum Gasteiger partial charge on any atom is 0.245 e. The zero-order chi connectivity index (χ0) is 17.5. The molecule has 0 spiro atoms. The Kier molecular flexibility index (Phi) is 6.53. The largest absolute Gasteiger partial charge is 0.324 e. The Balaban J connectivity index is 2.04. The normalized spacial score (nSPS) is 12.2. The Hall–Kier alpha value is -2.17. The van der Waals surface area contributed by atoms with Gasteiger partial charge in [0, 0.05) is 12.2 Å². The van der Waals surface area contributed by atoms with Crippen molar-refractivity contribution in [3.05, 3.63) is 65.2 Å². The highest BCUT2D eigenvalue weighted by Crippen LogP contribution is 2.17. The van der Waals surface area contributed by atoms with Gasteiger partial charge in [-0.1, -0.05) is 55.8 Å². The van der Waals surface area contributed by atoms with Gasteiger partial charge in [0.15, 0.2) is 0 Å².